The quantitative estimate of drug-likeness (QED) is 0.472. The van der Waals surface area contributed by atoms with Gasteiger partial charge in [-0.3, -0.25) is 23.2 Å². The lowest BCUT2D eigenvalue weighted by Crippen LogP contribution is -2.23. The Hall–Kier alpha value is -0.910. The van der Waals surface area contributed by atoms with Gasteiger partial charge in [0.15, 0.2) is 0 Å². The molecule has 2 amide bonds. The molecule has 0 unspecified atom stereocenters. The van der Waals surface area contributed by atoms with Gasteiger partial charge in [0.25, 0.3) is 0 Å². The molecule has 0 aliphatic heterocycles. The Balaban J connectivity index is 3.37. The van der Waals surface area contributed by atoms with Gasteiger partial charge in [0.2, 0.25) is 11.8 Å². The Morgan fingerprint density at radius 1 is 1.07 bits per heavy atom. The number of carbonyl (C=O) groups is 2. The van der Waals surface area contributed by atoms with Crippen molar-refractivity contribution in [2.75, 3.05) is 13.5 Å². The summed E-state index contributed by atoms with van der Waals surface area (Å²) in [6.45, 7) is 2.26. The van der Waals surface area contributed by atoms with Gasteiger partial charge in [-0.25, -0.2) is 0 Å². The van der Waals surface area contributed by atoms with Gasteiger partial charge in [-0.05, 0) is 0 Å². The van der Waals surface area contributed by atoms with Crippen molar-refractivity contribution >= 4 is 20.1 Å². The Morgan fingerprint density at radius 2 is 1.43 bits per heavy atom. The molecule has 2 N–H and O–H groups in total. The molecule has 0 saturated carbocycles. The van der Waals surface area contributed by atoms with Crippen LogP contribution < -0.4 is 10.6 Å². The van der Waals surface area contributed by atoms with Gasteiger partial charge in [-0.2, -0.15) is 0 Å². The third-order valence-corrected chi connectivity index (χ3v) is 1.78. The fourth-order valence-corrected chi connectivity index (χ4v) is 0.898. The minimum Gasteiger partial charge on any atom is -0.333 e. The van der Waals surface area contributed by atoms with Crippen molar-refractivity contribution in [1.29, 1.82) is 0 Å². The van der Waals surface area contributed by atoms with Gasteiger partial charge in [0.1, 0.15) is 13.5 Å². The van der Waals surface area contributed by atoms with Gasteiger partial charge in [0.05, 0.1) is 0 Å². The fourth-order valence-electron chi connectivity index (χ4n) is 0.435. The maximum absolute atomic E-state index is 10.8. The standard InChI is InChI=1S/C6H13N2O5P/c1-5(9)7-3-12-14(11)13-4-8-6(2)10/h14H,3-4H2,1-2H3,(H,7,9)(H,8,10). The highest BCUT2D eigenvalue weighted by Gasteiger charge is 2.00. The number of rotatable bonds is 6. The molecule has 0 aromatic heterocycles. The van der Waals surface area contributed by atoms with Crippen molar-refractivity contribution in [2.24, 2.45) is 0 Å². The molecule has 0 fully saturated rings. The van der Waals surface area contributed by atoms with Gasteiger partial charge in [0, 0.05) is 13.8 Å². The topological polar surface area (TPSA) is 93.7 Å². The van der Waals surface area contributed by atoms with Crippen molar-refractivity contribution < 1.29 is 23.2 Å². The Kier molecular flexibility index (Phi) is 7.00. The highest BCUT2D eigenvalue weighted by Crippen LogP contribution is 2.21. The van der Waals surface area contributed by atoms with Crippen molar-refractivity contribution in [1.82, 2.24) is 10.6 Å². The Labute approximate surface area is 82.1 Å². The summed E-state index contributed by atoms with van der Waals surface area (Å²) < 4.78 is 20.0. The van der Waals surface area contributed by atoms with E-state index in [0.717, 1.165) is 0 Å². The predicted octanol–water partition coefficient (Wildman–Crippen LogP) is -0.404. The first-order valence-corrected chi connectivity index (χ1v) is 5.03. The summed E-state index contributed by atoms with van der Waals surface area (Å²) in [5.74, 6) is -0.580. The molecule has 0 aliphatic rings. The van der Waals surface area contributed by atoms with Crippen molar-refractivity contribution in [3.8, 4) is 0 Å². The first-order chi connectivity index (χ1) is 6.52. The summed E-state index contributed by atoms with van der Waals surface area (Å²) in [6.07, 6.45) is 0. The van der Waals surface area contributed by atoms with Gasteiger partial charge < -0.3 is 10.6 Å². The predicted molar refractivity (Wildman–Crippen MR) is 48.5 cm³/mol. The summed E-state index contributed by atoms with van der Waals surface area (Å²) in [4.78, 5) is 20.7. The second-order valence-electron chi connectivity index (χ2n) is 2.29. The number of nitrogens with one attached hydrogen (secondary N) is 2. The minimum atomic E-state index is -2.66. The molecule has 7 nitrogen and oxygen atoms in total. The zero-order chi connectivity index (χ0) is 11.0. The van der Waals surface area contributed by atoms with Crippen LogP contribution >= 0.6 is 8.25 Å². The molecule has 0 heterocycles. The van der Waals surface area contributed by atoms with Crippen LogP contribution in [0.1, 0.15) is 13.8 Å². The summed E-state index contributed by atoms with van der Waals surface area (Å²) in [5.41, 5.74) is 0. The number of hydrogen-bond acceptors (Lipinski definition) is 5. The molecule has 14 heavy (non-hydrogen) atoms. The Morgan fingerprint density at radius 3 is 1.71 bits per heavy atom. The maximum Gasteiger partial charge on any atom is 0.322 e. The number of carbonyl (C=O) groups excluding carboxylic acids is 2. The van der Waals surface area contributed by atoms with Crippen LogP contribution in [0.5, 0.6) is 0 Å². The van der Waals surface area contributed by atoms with E-state index in [-0.39, 0.29) is 25.3 Å². The Bertz CT molecular complexity index is 210. The van der Waals surface area contributed by atoms with E-state index in [9.17, 15) is 14.2 Å². The van der Waals surface area contributed by atoms with E-state index in [0.29, 0.717) is 0 Å². The zero-order valence-corrected chi connectivity index (χ0v) is 8.96. The molecular weight excluding hydrogens is 211 g/mol. The molecular formula is C6H13N2O5P. The van der Waals surface area contributed by atoms with Gasteiger partial charge in [-0.15, -0.1) is 0 Å². The molecule has 0 spiro atoms. The van der Waals surface area contributed by atoms with Crippen LogP contribution in [0, 0.1) is 0 Å². The van der Waals surface area contributed by atoms with E-state index in [1.165, 1.54) is 13.8 Å². The first-order valence-electron chi connectivity index (χ1n) is 3.81. The second-order valence-corrected chi connectivity index (χ2v) is 3.37. The van der Waals surface area contributed by atoms with Crippen LogP contribution in [0.4, 0.5) is 0 Å². The van der Waals surface area contributed by atoms with Crippen LogP contribution in [-0.4, -0.2) is 25.3 Å². The lowest BCUT2D eigenvalue weighted by Gasteiger charge is -2.05. The largest absolute Gasteiger partial charge is 0.333 e. The molecule has 0 atom stereocenters. The third-order valence-electron chi connectivity index (χ3n) is 1.02. The third kappa shape index (κ3) is 9.18. The number of hydrogen-bond donors (Lipinski definition) is 2. The van der Waals surface area contributed by atoms with Gasteiger partial charge >= 0.3 is 8.25 Å². The van der Waals surface area contributed by atoms with Crippen LogP contribution in [-0.2, 0) is 23.2 Å². The van der Waals surface area contributed by atoms with E-state index in [2.05, 4.69) is 19.7 Å². The maximum atomic E-state index is 10.8. The monoisotopic (exact) mass is 224 g/mol. The van der Waals surface area contributed by atoms with Gasteiger partial charge in [-0.1, -0.05) is 0 Å². The molecule has 0 saturated heterocycles. The summed E-state index contributed by atoms with van der Waals surface area (Å²) in [7, 11) is -2.66. The molecule has 0 aromatic rings. The summed E-state index contributed by atoms with van der Waals surface area (Å²) in [5, 5.41) is 4.55. The summed E-state index contributed by atoms with van der Waals surface area (Å²) >= 11 is 0. The normalized spacial score (nSPS) is 9.93. The van der Waals surface area contributed by atoms with E-state index in [1.807, 2.05) is 0 Å². The number of amides is 2. The lowest BCUT2D eigenvalue weighted by molar-refractivity contribution is -0.120. The molecule has 82 valence electrons. The average molecular weight is 224 g/mol. The van der Waals surface area contributed by atoms with Crippen molar-refractivity contribution in [2.45, 2.75) is 13.8 Å². The lowest BCUT2D eigenvalue weighted by atomic mass is 10.7. The minimum absolute atomic E-state index is 0.173. The highest BCUT2D eigenvalue weighted by molar-refractivity contribution is 7.33. The zero-order valence-electron chi connectivity index (χ0n) is 7.96. The summed E-state index contributed by atoms with van der Waals surface area (Å²) in [6, 6.07) is 0. The van der Waals surface area contributed by atoms with Crippen molar-refractivity contribution in [3.63, 3.8) is 0 Å². The second kappa shape index (κ2) is 7.49. The van der Waals surface area contributed by atoms with E-state index >= 15 is 0 Å². The fraction of sp³-hybridized carbons (Fsp3) is 0.667. The molecule has 8 heteroatoms. The highest BCUT2D eigenvalue weighted by atomic mass is 31.1. The molecule has 0 bridgehead atoms. The van der Waals surface area contributed by atoms with E-state index in [1.54, 1.807) is 0 Å². The van der Waals surface area contributed by atoms with Crippen molar-refractivity contribution in [3.05, 3.63) is 0 Å². The van der Waals surface area contributed by atoms with Crippen LogP contribution in [0.25, 0.3) is 0 Å². The molecule has 0 aromatic carbocycles. The first kappa shape index (κ1) is 13.1. The smallest absolute Gasteiger partial charge is 0.322 e. The average Bonchev–Trinajstić information content (AvgIpc) is 2.02. The van der Waals surface area contributed by atoms with Crippen LogP contribution in [0.2, 0.25) is 0 Å². The van der Waals surface area contributed by atoms with E-state index in [4.69, 9.17) is 0 Å². The molecule has 0 radical (unpaired) electrons. The SMILES string of the molecule is CC(=O)NCO[PH](=O)OCNC(C)=O. The van der Waals surface area contributed by atoms with Crippen LogP contribution in [0.15, 0.2) is 0 Å². The van der Waals surface area contributed by atoms with E-state index < -0.39 is 8.25 Å². The molecule has 0 rings (SSSR count). The van der Waals surface area contributed by atoms with Crippen LogP contribution in [0.3, 0.4) is 0 Å². The molecule has 0 aliphatic carbocycles.